The summed E-state index contributed by atoms with van der Waals surface area (Å²) < 4.78 is 20.2. The number of methoxy groups -OCH3 is 1. The highest BCUT2D eigenvalue weighted by Gasteiger charge is 2.47. The molecule has 2 aromatic heterocycles. The van der Waals surface area contributed by atoms with E-state index >= 15 is 0 Å². The van der Waals surface area contributed by atoms with Gasteiger partial charge in [-0.3, -0.25) is 4.57 Å². The number of nitrogens with two attached hydrogens (primary N) is 1. The fourth-order valence-corrected chi connectivity index (χ4v) is 4.60. The van der Waals surface area contributed by atoms with Crippen molar-refractivity contribution >= 4 is 28.7 Å². The van der Waals surface area contributed by atoms with Gasteiger partial charge in [0.25, 0.3) is 0 Å². The Bertz CT molecular complexity index is 1270. The molecule has 0 unspecified atom stereocenters. The van der Waals surface area contributed by atoms with Crippen molar-refractivity contribution in [2.45, 2.75) is 64.3 Å². The lowest BCUT2D eigenvalue weighted by Gasteiger charge is -2.29. The first-order valence-electron chi connectivity index (χ1n) is 13.0. The second-order valence-electron chi connectivity index (χ2n) is 11.3. The number of amides is 2. The van der Waals surface area contributed by atoms with E-state index in [4.69, 9.17) is 19.9 Å². The zero-order valence-electron chi connectivity index (χ0n) is 23.8. The number of nitrogens with one attached hydrogen (secondary N) is 2. The third-order valence-corrected chi connectivity index (χ3v) is 6.72. The summed E-state index contributed by atoms with van der Waals surface area (Å²) in [7, 11) is 3.61. The Morgan fingerprint density at radius 1 is 1.21 bits per heavy atom. The number of nitrogen functional groups attached to an aromatic ring is 1. The maximum absolute atomic E-state index is 12.4. The van der Waals surface area contributed by atoms with Gasteiger partial charge < -0.3 is 35.5 Å². The lowest BCUT2D eigenvalue weighted by molar-refractivity contribution is -0.161. The van der Waals surface area contributed by atoms with E-state index in [2.05, 4.69) is 51.3 Å². The third-order valence-electron chi connectivity index (χ3n) is 6.72. The molecular formula is C27H40N8O4. The maximum atomic E-state index is 12.4. The molecule has 39 heavy (non-hydrogen) atoms. The summed E-state index contributed by atoms with van der Waals surface area (Å²) in [5.41, 5.74) is 9.06. The van der Waals surface area contributed by atoms with Crippen molar-refractivity contribution in [1.82, 2.24) is 29.7 Å². The molecule has 0 radical (unpaired) electrons. The van der Waals surface area contributed by atoms with Crippen LogP contribution >= 0.6 is 0 Å². The van der Waals surface area contributed by atoms with Crippen LogP contribution in [0.15, 0.2) is 36.9 Å². The van der Waals surface area contributed by atoms with E-state index in [9.17, 15) is 4.79 Å². The Morgan fingerprint density at radius 3 is 2.59 bits per heavy atom. The quantitative estimate of drug-likeness (QED) is 0.373. The number of anilines is 2. The van der Waals surface area contributed by atoms with Crippen LogP contribution < -0.4 is 16.4 Å². The van der Waals surface area contributed by atoms with Crippen LogP contribution in [0.5, 0.6) is 0 Å². The predicted molar refractivity (Wildman–Crippen MR) is 149 cm³/mol. The number of carbonyl (C=O) groups excluding carboxylic acids is 1. The van der Waals surface area contributed by atoms with Gasteiger partial charge in [-0.1, -0.05) is 32.9 Å². The molecule has 12 nitrogen and oxygen atoms in total. The highest BCUT2D eigenvalue weighted by Crippen LogP contribution is 2.38. The first-order valence-corrected chi connectivity index (χ1v) is 13.0. The van der Waals surface area contributed by atoms with Gasteiger partial charge in [0.2, 0.25) is 0 Å². The van der Waals surface area contributed by atoms with Crippen molar-refractivity contribution in [3.8, 4) is 0 Å². The molecule has 1 fully saturated rings. The summed E-state index contributed by atoms with van der Waals surface area (Å²) in [6.45, 7) is 11.8. The summed E-state index contributed by atoms with van der Waals surface area (Å²) in [5.74, 6) is -0.542. The van der Waals surface area contributed by atoms with Crippen molar-refractivity contribution in [2.24, 2.45) is 0 Å². The normalized spacial score (nSPS) is 19.9. The van der Waals surface area contributed by atoms with E-state index in [0.29, 0.717) is 36.6 Å². The highest BCUT2D eigenvalue weighted by atomic mass is 16.8. The van der Waals surface area contributed by atoms with E-state index in [0.717, 1.165) is 5.69 Å². The Morgan fingerprint density at radius 2 is 1.92 bits per heavy atom. The molecule has 212 valence electrons. The molecule has 1 aromatic carbocycles. The van der Waals surface area contributed by atoms with Crippen LogP contribution in [0.1, 0.15) is 46.4 Å². The molecule has 2 amide bonds. The molecule has 1 aliphatic rings. The first-order chi connectivity index (χ1) is 18.4. The van der Waals surface area contributed by atoms with Crippen molar-refractivity contribution in [3.63, 3.8) is 0 Å². The number of fused-ring (bicyclic) bond motifs is 1. The number of nitrogens with zero attached hydrogens (tertiary/aromatic N) is 5. The molecule has 1 saturated heterocycles. The number of ether oxygens (including phenoxy) is 3. The van der Waals surface area contributed by atoms with Gasteiger partial charge >= 0.3 is 6.03 Å². The van der Waals surface area contributed by atoms with E-state index in [1.165, 1.54) is 11.9 Å². The van der Waals surface area contributed by atoms with Gasteiger partial charge in [-0.2, -0.15) is 0 Å². The van der Waals surface area contributed by atoms with E-state index in [1.807, 2.05) is 45.2 Å². The zero-order chi connectivity index (χ0) is 28.4. The molecular weight excluding hydrogens is 500 g/mol. The molecule has 4 rings (SSSR count). The summed E-state index contributed by atoms with van der Waals surface area (Å²) in [5, 5.41) is 5.79. The number of hydrogen-bond acceptors (Lipinski definition) is 9. The summed E-state index contributed by atoms with van der Waals surface area (Å²) >= 11 is 0. The average molecular weight is 541 g/mol. The number of likely N-dealkylation sites (N-methyl/N-ethyl adjacent to an activating group) is 1. The molecule has 0 spiro atoms. The van der Waals surface area contributed by atoms with Crippen molar-refractivity contribution in [2.75, 3.05) is 44.8 Å². The molecule has 3 atom stereocenters. The minimum Gasteiger partial charge on any atom is -0.382 e. The maximum Gasteiger partial charge on any atom is 0.319 e. The van der Waals surface area contributed by atoms with Gasteiger partial charge in [0.1, 0.15) is 24.1 Å². The molecule has 0 bridgehead atoms. The molecule has 0 saturated carbocycles. The standard InChI is InChI=1S/C27H40N8O4/c1-26(2,3)17-8-10-18(11-9-17)33-25(36)29-12-13-34(6)14-19(37-7)21-24(39-27(4,5)38-21)35-16-32-20-22(28)30-15-31-23(20)35/h8-11,15-16,19,21,24H,12-14H2,1-7H3,(H2,28,30,31)(H2,29,33,36)/t19-,21-,24-/m1/s1. The van der Waals surface area contributed by atoms with E-state index in [1.54, 1.807) is 18.0 Å². The number of rotatable bonds is 9. The zero-order valence-corrected chi connectivity index (χ0v) is 23.8. The Hall–Kier alpha value is -3.32. The minimum absolute atomic E-state index is 0.0613. The van der Waals surface area contributed by atoms with Gasteiger partial charge in [0.05, 0.1) is 6.33 Å². The fraction of sp³-hybridized carbons (Fsp3) is 0.556. The van der Waals surface area contributed by atoms with Crippen molar-refractivity contribution < 1.29 is 19.0 Å². The van der Waals surface area contributed by atoms with E-state index < -0.39 is 18.1 Å². The Kier molecular flexibility index (Phi) is 8.40. The smallest absolute Gasteiger partial charge is 0.319 e. The van der Waals surface area contributed by atoms with Crippen LogP contribution in [-0.4, -0.2) is 82.2 Å². The van der Waals surface area contributed by atoms with E-state index in [-0.39, 0.29) is 17.6 Å². The molecule has 4 N–H and O–H groups in total. The summed E-state index contributed by atoms with van der Waals surface area (Å²) in [6, 6.07) is 7.65. The first kappa shape index (κ1) is 28.7. The SMILES string of the molecule is CO[C@H](CN(C)CCNC(=O)Nc1ccc(C(C)(C)C)cc1)[C@H]1OC(C)(C)O[C@H]1n1cnc2c(N)ncnc21. The van der Waals surface area contributed by atoms with Crippen LogP contribution in [0.3, 0.4) is 0 Å². The van der Waals surface area contributed by atoms with Crippen LogP contribution in [0.2, 0.25) is 0 Å². The topological polar surface area (TPSA) is 142 Å². The predicted octanol–water partition coefficient (Wildman–Crippen LogP) is 3.12. The third kappa shape index (κ3) is 6.82. The Labute approximate surface area is 229 Å². The van der Waals surface area contributed by atoms with Gasteiger partial charge in [-0.15, -0.1) is 0 Å². The molecule has 1 aliphatic heterocycles. The highest BCUT2D eigenvalue weighted by molar-refractivity contribution is 5.89. The summed E-state index contributed by atoms with van der Waals surface area (Å²) in [4.78, 5) is 27.2. The fourth-order valence-electron chi connectivity index (χ4n) is 4.60. The monoisotopic (exact) mass is 540 g/mol. The number of benzene rings is 1. The molecule has 0 aliphatic carbocycles. The van der Waals surface area contributed by atoms with Gasteiger partial charge in [-0.25, -0.2) is 19.7 Å². The van der Waals surface area contributed by atoms with Gasteiger partial charge in [0.15, 0.2) is 23.5 Å². The number of aromatic nitrogens is 4. The largest absolute Gasteiger partial charge is 0.382 e. The second-order valence-corrected chi connectivity index (χ2v) is 11.3. The number of carbonyl (C=O) groups is 1. The average Bonchev–Trinajstić information content (AvgIpc) is 3.43. The molecule has 3 aromatic rings. The van der Waals surface area contributed by atoms with Crippen LogP contribution in [0, 0.1) is 0 Å². The van der Waals surface area contributed by atoms with Crippen molar-refractivity contribution in [1.29, 1.82) is 0 Å². The number of urea groups is 1. The van der Waals surface area contributed by atoms with Crippen molar-refractivity contribution in [3.05, 3.63) is 42.5 Å². The van der Waals surface area contributed by atoms with Crippen LogP contribution in [-0.2, 0) is 19.6 Å². The summed E-state index contributed by atoms with van der Waals surface area (Å²) in [6.07, 6.45) is 1.71. The lowest BCUT2D eigenvalue weighted by Crippen LogP contribution is -2.44. The second kappa shape index (κ2) is 11.4. The molecule has 12 heteroatoms. The Balaban J connectivity index is 1.33. The molecule has 3 heterocycles. The lowest BCUT2D eigenvalue weighted by atomic mass is 9.87. The minimum atomic E-state index is -0.843. The number of hydrogen-bond donors (Lipinski definition) is 3. The van der Waals surface area contributed by atoms with Gasteiger partial charge in [-0.05, 0) is 44.0 Å². The van der Waals surface area contributed by atoms with Crippen LogP contribution in [0.25, 0.3) is 11.2 Å². The van der Waals surface area contributed by atoms with Gasteiger partial charge in [0, 0.05) is 32.4 Å². The number of imidazole rings is 1. The van der Waals surface area contributed by atoms with Crippen LogP contribution in [0.4, 0.5) is 16.3 Å².